The van der Waals surface area contributed by atoms with E-state index >= 15 is 0 Å². The van der Waals surface area contributed by atoms with Crippen molar-refractivity contribution in [2.75, 3.05) is 40.5 Å². The number of amides is 2. The number of hydrogen-bond donors (Lipinski definition) is 1. The van der Waals surface area contributed by atoms with Gasteiger partial charge in [0.15, 0.2) is 11.5 Å². The van der Waals surface area contributed by atoms with E-state index in [1.54, 1.807) is 18.2 Å². The Morgan fingerprint density at radius 2 is 1.84 bits per heavy atom. The summed E-state index contributed by atoms with van der Waals surface area (Å²) in [4.78, 5) is 40.1. The highest BCUT2D eigenvalue weighted by atomic mass is 19.4. The third-order valence-electron chi connectivity index (χ3n) is 5.53. The molecule has 4 rings (SSSR count). The molecule has 0 radical (unpaired) electrons. The number of benzene rings is 1. The van der Waals surface area contributed by atoms with Crippen LogP contribution in [0.5, 0.6) is 11.5 Å². The molecule has 1 aromatic carbocycles. The molecule has 3 aliphatic rings. The Kier molecular flexibility index (Phi) is 6.82. The molecule has 0 bridgehead atoms. The number of carboxylic acids is 1. The van der Waals surface area contributed by atoms with Gasteiger partial charge in [-0.3, -0.25) is 9.59 Å². The first-order chi connectivity index (χ1) is 15.0. The summed E-state index contributed by atoms with van der Waals surface area (Å²) in [7, 11) is 4.00. The van der Waals surface area contributed by atoms with E-state index in [9.17, 15) is 22.8 Å². The van der Waals surface area contributed by atoms with Crippen LogP contribution in [0.3, 0.4) is 0 Å². The summed E-state index contributed by atoms with van der Waals surface area (Å²) in [5.41, 5.74) is 0.587. The van der Waals surface area contributed by atoms with Gasteiger partial charge in [0.25, 0.3) is 5.91 Å². The molecule has 2 fully saturated rings. The van der Waals surface area contributed by atoms with Crippen LogP contribution in [0.25, 0.3) is 0 Å². The summed E-state index contributed by atoms with van der Waals surface area (Å²) >= 11 is 0. The van der Waals surface area contributed by atoms with E-state index in [2.05, 4.69) is 4.90 Å². The SMILES string of the molecule is CN(C)CCN1C(=O)C[C@@H]2[C@@H]1CCN2C(=O)c1ccc2c(c1)OCO2.O=C(O)C(F)(F)F. The lowest BCUT2D eigenvalue weighted by atomic mass is 10.1. The first kappa shape index (κ1) is 23.6. The van der Waals surface area contributed by atoms with Gasteiger partial charge in [-0.1, -0.05) is 0 Å². The number of carbonyl (C=O) groups excluding carboxylic acids is 2. The number of fused-ring (bicyclic) bond motifs is 2. The molecule has 0 unspecified atom stereocenters. The number of ether oxygens (including phenoxy) is 2. The Labute approximate surface area is 182 Å². The summed E-state index contributed by atoms with van der Waals surface area (Å²) < 4.78 is 42.4. The van der Waals surface area contributed by atoms with Gasteiger partial charge in [0.05, 0.1) is 12.1 Å². The average Bonchev–Trinajstić information content (AvgIpc) is 3.40. The van der Waals surface area contributed by atoms with Gasteiger partial charge in [0, 0.05) is 31.6 Å². The molecule has 12 heteroatoms. The van der Waals surface area contributed by atoms with Crippen molar-refractivity contribution in [3.8, 4) is 11.5 Å². The summed E-state index contributed by atoms with van der Waals surface area (Å²) in [6, 6.07) is 5.40. The summed E-state index contributed by atoms with van der Waals surface area (Å²) in [6.45, 7) is 2.44. The van der Waals surface area contributed by atoms with Crippen LogP contribution in [0.1, 0.15) is 23.2 Å². The molecule has 0 aromatic heterocycles. The zero-order chi connectivity index (χ0) is 23.6. The Hall–Kier alpha value is -3.02. The largest absolute Gasteiger partial charge is 0.490 e. The molecule has 3 heterocycles. The van der Waals surface area contributed by atoms with Crippen molar-refractivity contribution in [2.45, 2.75) is 31.1 Å². The number of alkyl halides is 3. The molecular weight excluding hydrogens is 435 g/mol. The molecule has 2 atom stereocenters. The predicted octanol–water partition coefficient (Wildman–Crippen LogP) is 1.43. The minimum Gasteiger partial charge on any atom is -0.475 e. The second-order valence-electron chi connectivity index (χ2n) is 7.89. The highest BCUT2D eigenvalue weighted by Crippen LogP contribution is 2.36. The van der Waals surface area contributed by atoms with Gasteiger partial charge in [-0.05, 0) is 38.7 Å². The van der Waals surface area contributed by atoms with Gasteiger partial charge in [-0.15, -0.1) is 0 Å². The molecule has 0 spiro atoms. The summed E-state index contributed by atoms with van der Waals surface area (Å²) in [5.74, 6) is -1.36. The lowest BCUT2D eigenvalue weighted by Gasteiger charge is -2.26. The molecular formula is C20H24F3N3O6. The number of hydrogen-bond acceptors (Lipinski definition) is 6. The molecule has 0 aliphatic carbocycles. The highest BCUT2D eigenvalue weighted by Gasteiger charge is 2.48. The van der Waals surface area contributed by atoms with E-state index in [-0.39, 0.29) is 30.7 Å². The van der Waals surface area contributed by atoms with Crippen molar-refractivity contribution in [1.82, 2.24) is 14.7 Å². The topological polar surface area (TPSA) is 99.6 Å². The lowest BCUT2D eigenvalue weighted by Crippen LogP contribution is -2.41. The standard InChI is InChI=1S/C18H23N3O4.C2HF3O2/c1-19(2)7-8-20-13-5-6-21(14(13)10-17(20)22)18(23)12-3-4-15-16(9-12)25-11-24-15;3-2(4,5)1(6)7/h3-4,9,13-14H,5-8,10-11H2,1-2H3;(H,6,7)/t13-,14+;/m0./s1. The van der Waals surface area contributed by atoms with Crippen LogP contribution in [0.15, 0.2) is 18.2 Å². The molecule has 1 aromatic rings. The third-order valence-corrected chi connectivity index (χ3v) is 5.53. The fourth-order valence-corrected chi connectivity index (χ4v) is 3.97. The number of likely N-dealkylation sites (N-methyl/N-ethyl adjacent to an activating group) is 1. The van der Waals surface area contributed by atoms with Gasteiger partial charge in [-0.25, -0.2) is 4.79 Å². The van der Waals surface area contributed by atoms with Crippen molar-refractivity contribution in [3.63, 3.8) is 0 Å². The van der Waals surface area contributed by atoms with Gasteiger partial charge < -0.3 is 29.3 Å². The quantitative estimate of drug-likeness (QED) is 0.727. The zero-order valence-electron chi connectivity index (χ0n) is 17.6. The minimum absolute atomic E-state index is 0.0208. The monoisotopic (exact) mass is 459 g/mol. The van der Waals surface area contributed by atoms with Gasteiger partial charge in [0.1, 0.15) is 0 Å². The third kappa shape index (κ3) is 5.06. The van der Waals surface area contributed by atoms with E-state index < -0.39 is 12.1 Å². The van der Waals surface area contributed by atoms with Crippen molar-refractivity contribution in [2.24, 2.45) is 0 Å². The Balaban J connectivity index is 0.000000360. The Morgan fingerprint density at radius 3 is 2.47 bits per heavy atom. The van der Waals surface area contributed by atoms with Crippen LogP contribution in [0.2, 0.25) is 0 Å². The van der Waals surface area contributed by atoms with Crippen molar-refractivity contribution >= 4 is 17.8 Å². The van der Waals surface area contributed by atoms with Crippen LogP contribution in [-0.4, -0.2) is 96.4 Å². The van der Waals surface area contributed by atoms with Crippen LogP contribution in [0.4, 0.5) is 13.2 Å². The number of aliphatic carboxylic acids is 1. The second kappa shape index (κ2) is 9.23. The number of likely N-dealkylation sites (tertiary alicyclic amines) is 2. The highest BCUT2D eigenvalue weighted by molar-refractivity contribution is 5.96. The molecule has 0 saturated carbocycles. The molecule has 176 valence electrons. The predicted molar refractivity (Wildman–Crippen MR) is 104 cm³/mol. The van der Waals surface area contributed by atoms with E-state index in [4.69, 9.17) is 19.4 Å². The fourth-order valence-electron chi connectivity index (χ4n) is 3.97. The normalized spacial score (nSPS) is 21.5. The van der Waals surface area contributed by atoms with Gasteiger partial charge in [-0.2, -0.15) is 13.2 Å². The van der Waals surface area contributed by atoms with Crippen LogP contribution in [0, 0.1) is 0 Å². The van der Waals surface area contributed by atoms with Gasteiger partial charge in [0.2, 0.25) is 12.7 Å². The number of carbonyl (C=O) groups is 3. The van der Waals surface area contributed by atoms with Gasteiger partial charge >= 0.3 is 12.1 Å². The molecule has 9 nitrogen and oxygen atoms in total. The Morgan fingerprint density at radius 1 is 1.19 bits per heavy atom. The maximum Gasteiger partial charge on any atom is 0.490 e. The molecule has 1 N–H and O–H groups in total. The molecule has 2 amide bonds. The van der Waals surface area contributed by atoms with E-state index in [1.165, 1.54) is 0 Å². The zero-order valence-corrected chi connectivity index (χ0v) is 17.6. The first-order valence-electron chi connectivity index (χ1n) is 9.94. The number of nitrogens with zero attached hydrogens (tertiary/aromatic N) is 3. The van der Waals surface area contributed by atoms with E-state index in [1.807, 2.05) is 23.9 Å². The van der Waals surface area contributed by atoms with Crippen molar-refractivity contribution in [3.05, 3.63) is 23.8 Å². The van der Waals surface area contributed by atoms with Crippen molar-refractivity contribution < 1.29 is 42.1 Å². The Bertz CT molecular complexity index is 892. The molecule has 32 heavy (non-hydrogen) atoms. The second-order valence-corrected chi connectivity index (χ2v) is 7.89. The first-order valence-corrected chi connectivity index (χ1v) is 9.94. The number of carboxylic acid groups (broad SMARTS) is 1. The lowest BCUT2D eigenvalue weighted by molar-refractivity contribution is -0.192. The summed E-state index contributed by atoms with van der Waals surface area (Å²) in [6.07, 6.45) is -3.81. The molecule has 3 aliphatic heterocycles. The van der Waals surface area contributed by atoms with E-state index in [0.29, 0.717) is 30.0 Å². The number of rotatable bonds is 4. The van der Waals surface area contributed by atoms with Crippen LogP contribution in [-0.2, 0) is 9.59 Å². The van der Waals surface area contributed by atoms with Crippen LogP contribution < -0.4 is 9.47 Å². The molecule has 2 saturated heterocycles. The van der Waals surface area contributed by atoms with Crippen molar-refractivity contribution in [1.29, 1.82) is 0 Å². The van der Waals surface area contributed by atoms with Crippen LogP contribution >= 0.6 is 0 Å². The number of halogens is 3. The fraction of sp³-hybridized carbons (Fsp3) is 0.550. The average molecular weight is 459 g/mol. The summed E-state index contributed by atoms with van der Waals surface area (Å²) in [5, 5.41) is 7.12. The van der Waals surface area contributed by atoms with E-state index in [0.717, 1.165) is 19.5 Å². The minimum atomic E-state index is -5.08. The maximum atomic E-state index is 13.0. The smallest absolute Gasteiger partial charge is 0.475 e. The maximum absolute atomic E-state index is 13.0.